The highest BCUT2D eigenvalue weighted by Crippen LogP contribution is 2.24. The third-order valence-corrected chi connectivity index (χ3v) is 7.70. The molecule has 0 saturated heterocycles. The second-order valence-electron chi connectivity index (χ2n) is 9.58. The predicted octanol–water partition coefficient (Wildman–Crippen LogP) is 6.87. The Hall–Kier alpha value is -2.70. The molecule has 2 amide bonds. The normalized spacial score (nSPS) is 14.7. The lowest BCUT2D eigenvalue weighted by Gasteiger charge is -2.33. The Morgan fingerprint density at radius 2 is 1.68 bits per heavy atom. The van der Waals surface area contributed by atoms with E-state index >= 15 is 0 Å². The molecule has 1 aliphatic carbocycles. The summed E-state index contributed by atoms with van der Waals surface area (Å²) in [5, 5.41) is 3.41. The van der Waals surface area contributed by atoms with Gasteiger partial charge >= 0.3 is 0 Å². The van der Waals surface area contributed by atoms with Crippen LogP contribution in [0.4, 0.5) is 4.39 Å². The van der Waals surface area contributed by atoms with Crippen LogP contribution in [-0.4, -0.2) is 28.8 Å². The molecule has 1 N–H and O–H groups in total. The third-order valence-electron chi connectivity index (χ3n) is 6.85. The zero-order valence-corrected chi connectivity index (χ0v) is 23.0. The second kappa shape index (κ2) is 13.2. The van der Waals surface area contributed by atoms with Crippen LogP contribution < -0.4 is 5.32 Å². The summed E-state index contributed by atoms with van der Waals surface area (Å²) in [6.07, 6.45) is 5.34. The minimum atomic E-state index is -0.763. The van der Waals surface area contributed by atoms with E-state index < -0.39 is 11.9 Å². The number of carbonyl (C=O) groups excluding carboxylic acids is 2. The van der Waals surface area contributed by atoms with Gasteiger partial charge in [-0.1, -0.05) is 95.3 Å². The minimum Gasteiger partial charge on any atom is -0.352 e. The summed E-state index contributed by atoms with van der Waals surface area (Å²) in [7, 11) is 0. The standard InChI is InChI=1S/C30H31BrClFN2O2/c31-23-12-7-11-22(17-23)20-35(29(36)19-25-26(32)15-8-16-27(25)33)28(18-21-9-3-1-4-10-21)30(37)34-24-13-5-2-6-14-24/h1,3-4,7-12,15-17,24,28H,2,5-6,13-14,18-20H2,(H,34,37)/t28-/m0/s1. The van der Waals surface area contributed by atoms with Crippen LogP contribution in [0.2, 0.25) is 5.02 Å². The molecule has 4 rings (SSSR count). The van der Waals surface area contributed by atoms with Gasteiger partial charge in [0.15, 0.2) is 0 Å². The molecule has 0 radical (unpaired) electrons. The summed E-state index contributed by atoms with van der Waals surface area (Å²) in [5.74, 6) is -1.07. The van der Waals surface area contributed by atoms with Crippen molar-refractivity contribution in [1.82, 2.24) is 10.2 Å². The molecule has 0 unspecified atom stereocenters. The van der Waals surface area contributed by atoms with E-state index in [2.05, 4.69) is 21.2 Å². The van der Waals surface area contributed by atoms with E-state index in [0.29, 0.717) is 6.42 Å². The number of hydrogen-bond donors (Lipinski definition) is 1. The van der Waals surface area contributed by atoms with E-state index in [1.165, 1.54) is 18.6 Å². The smallest absolute Gasteiger partial charge is 0.243 e. The van der Waals surface area contributed by atoms with Gasteiger partial charge in [0.2, 0.25) is 11.8 Å². The summed E-state index contributed by atoms with van der Waals surface area (Å²) in [5.41, 5.74) is 1.95. The van der Waals surface area contributed by atoms with Crippen LogP contribution in [0.25, 0.3) is 0 Å². The SMILES string of the molecule is O=C(NC1CCCCC1)[C@H](Cc1ccccc1)N(Cc1cccc(Br)c1)C(=O)Cc1c(F)cccc1Cl. The molecule has 7 heteroatoms. The summed E-state index contributed by atoms with van der Waals surface area (Å²) in [4.78, 5) is 29.2. The van der Waals surface area contributed by atoms with Gasteiger partial charge in [-0.25, -0.2) is 4.39 Å². The molecule has 1 fully saturated rings. The molecule has 0 bridgehead atoms. The quantitative estimate of drug-likeness (QED) is 0.298. The topological polar surface area (TPSA) is 49.4 Å². The molecule has 194 valence electrons. The highest BCUT2D eigenvalue weighted by molar-refractivity contribution is 9.10. The fraction of sp³-hybridized carbons (Fsp3) is 0.333. The van der Waals surface area contributed by atoms with Crippen molar-refractivity contribution in [2.24, 2.45) is 0 Å². The Labute approximate surface area is 231 Å². The van der Waals surface area contributed by atoms with Gasteiger partial charge in [0.05, 0.1) is 6.42 Å². The summed E-state index contributed by atoms with van der Waals surface area (Å²) in [6.45, 7) is 0.208. The van der Waals surface area contributed by atoms with Gasteiger partial charge in [-0.15, -0.1) is 0 Å². The van der Waals surface area contributed by atoms with Crippen molar-refractivity contribution in [2.45, 2.75) is 63.6 Å². The van der Waals surface area contributed by atoms with E-state index in [4.69, 9.17) is 11.6 Å². The Morgan fingerprint density at radius 3 is 2.38 bits per heavy atom. The molecule has 3 aromatic carbocycles. The predicted molar refractivity (Wildman–Crippen MR) is 149 cm³/mol. The van der Waals surface area contributed by atoms with Crippen molar-refractivity contribution in [3.8, 4) is 0 Å². The minimum absolute atomic E-state index is 0.100. The lowest BCUT2D eigenvalue weighted by molar-refractivity contribution is -0.141. The molecule has 0 aliphatic heterocycles. The maximum absolute atomic E-state index is 14.6. The number of rotatable bonds is 9. The molecular weight excluding hydrogens is 555 g/mol. The molecule has 0 spiro atoms. The average Bonchev–Trinajstić information content (AvgIpc) is 2.89. The van der Waals surface area contributed by atoms with Crippen LogP contribution in [0.15, 0.2) is 77.3 Å². The molecule has 0 heterocycles. The van der Waals surface area contributed by atoms with Crippen molar-refractivity contribution in [3.05, 3.63) is 105 Å². The number of nitrogens with zero attached hydrogens (tertiary/aromatic N) is 1. The molecule has 3 aromatic rings. The van der Waals surface area contributed by atoms with E-state index in [9.17, 15) is 14.0 Å². The Balaban J connectivity index is 1.68. The van der Waals surface area contributed by atoms with E-state index in [0.717, 1.165) is 41.3 Å². The highest BCUT2D eigenvalue weighted by Gasteiger charge is 2.32. The average molecular weight is 586 g/mol. The number of benzene rings is 3. The molecule has 0 aromatic heterocycles. The third kappa shape index (κ3) is 7.65. The monoisotopic (exact) mass is 584 g/mol. The molecule has 1 aliphatic rings. The molecule has 1 atom stereocenters. The van der Waals surface area contributed by atoms with Crippen molar-refractivity contribution >= 4 is 39.3 Å². The van der Waals surface area contributed by atoms with Gasteiger partial charge in [-0.3, -0.25) is 9.59 Å². The number of hydrogen-bond acceptors (Lipinski definition) is 2. The van der Waals surface area contributed by atoms with E-state index in [1.54, 1.807) is 11.0 Å². The first-order valence-corrected chi connectivity index (χ1v) is 13.9. The van der Waals surface area contributed by atoms with Gasteiger partial charge in [-0.2, -0.15) is 0 Å². The Kier molecular flexibility index (Phi) is 9.75. The fourth-order valence-corrected chi connectivity index (χ4v) is 5.56. The Morgan fingerprint density at radius 1 is 0.973 bits per heavy atom. The van der Waals surface area contributed by atoms with Crippen molar-refractivity contribution in [1.29, 1.82) is 0 Å². The highest BCUT2D eigenvalue weighted by atomic mass is 79.9. The van der Waals surface area contributed by atoms with Crippen LogP contribution >= 0.6 is 27.5 Å². The second-order valence-corrected chi connectivity index (χ2v) is 10.9. The molecule has 4 nitrogen and oxygen atoms in total. The van der Waals surface area contributed by atoms with Crippen LogP contribution in [-0.2, 0) is 29.0 Å². The van der Waals surface area contributed by atoms with Crippen molar-refractivity contribution < 1.29 is 14.0 Å². The lowest BCUT2D eigenvalue weighted by atomic mass is 9.94. The first-order chi connectivity index (χ1) is 17.9. The largest absolute Gasteiger partial charge is 0.352 e. The van der Waals surface area contributed by atoms with Gasteiger partial charge in [0.1, 0.15) is 11.9 Å². The van der Waals surface area contributed by atoms with Gasteiger partial charge in [0, 0.05) is 34.1 Å². The molecular formula is C30H31BrClFN2O2. The van der Waals surface area contributed by atoms with Crippen LogP contribution in [0, 0.1) is 5.82 Å². The number of carbonyl (C=O) groups is 2. The first-order valence-electron chi connectivity index (χ1n) is 12.7. The van der Waals surface area contributed by atoms with Crippen LogP contribution in [0.1, 0.15) is 48.8 Å². The zero-order chi connectivity index (χ0) is 26.2. The van der Waals surface area contributed by atoms with Gasteiger partial charge in [-0.05, 0) is 48.2 Å². The maximum atomic E-state index is 14.6. The van der Waals surface area contributed by atoms with Gasteiger partial charge in [0.25, 0.3) is 0 Å². The summed E-state index contributed by atoms with van der Waals surface area (Å²) in [6, 6.07) is 21.0. The van der Waals surface area contributed by atoms with E-state index in [1.807, 2.05) is 54.6 Å². The Bertz CT molecular complexity index is 1200. The summed E-state index contributed by atoms with van der Waals surface area (Å²) < 4.78 is 15.5. The number of halogens is 3. The van der Waals surface area contributed by atoms with Crippen LogP contribution in [0.3, 0.4) is 0 Å². The van der Waals surface area contributed by atoms with Crippen molar-refractivity contribution in [2.75, 3.05) is 0 Å². The maximum Gasteiger partial charge on any atom is 0.243 e. The fourth-order valence-electron chi connectivity index (χ4n) is 4.88. The number of amides is 2. The van der Waals surface area contributed by atoms with Crippen LogP contribution in [0.5, 0.6) is 0 Å². The zero-order valence-electron chi connectivity index (χ0n) is 20.6. The van der Waals surface area contributed by atoms with E-state index in [-0.39, 0.29) is 41.4 Å². The molecule has 37 heavy (non-hydrogen) atoms. The number of nitrogens with one attached hydrogen (secondary N) is 1. The van der Waals surface area contributed by atoms with Crippen molar-refractivity contribution in [3.63, 3.8) is 0 Å². The summed E-state index contributed by atoms with van der Waals surface area (Å²) >= 11 is 9.76. The first kappa shape index (κ1) is 27.3. The van der Waals surface area contributed by atoms with Gasteiger partial charge < -0.3 is 10.2 Å². The lowest BCUT2D eigenvalue weighted by Crippen LogP contribution is -2.53. The molecule has 1 saturated carbocycles.